The summed E-state index contributed by atoms with van der Waals surface area (Å²) in [5.41, 5.74) is 5.80. The van der Waals surface area contributed by atoms with Gasteiger partial charge in [0.15, 0.2) is 5.82 Å². The Morgan fingerprint density at radius 1 is 1.40 bits per heavy atom. The van der Waals surface area contributed by atoms with Gasteiger partial charge in [-0.3, -0.25) is 10.1 Å². The summed E-state index contributed by atoms with van der Waals surface area (Å²) in [4.78, 5) is 9.83. The number of nitrogens with two attached hydrogens (primary N) is 1. The average Bonchev–Trinajstić information content (AvgIpc) is 2.70. The molecule has 0 aliphatic rings. The lowest BCUT2D eigenvalue weighted by Crippen LogP contribution is -2.19. The highest BCUT2D eigenvalue weighted by molar-refractivity contribution is 5.47. The van der Waals surface area contributed by atoms with Crippen LogP contribution in [-0.2, 0) is 5.41 Å². The van der Waals surface area contributed by atoms with E-state index in [0.717, 1.165) is 12.1 Å². The maximum Gasteiger partial charge on any atom is 0.304 e. The van der Waals surface area contributed by atoms with Crippen LogP contribution in [0, 0.1) is 15.9 Å². The summed E-state index contributed by atoms with van der Waals surface area (Å²) >= 11 is 0. The molecule has 2 aromatic rings. The number of nitro groups is 1. The molecule has 0 bridgehead atoms. The number of halogens is 1. The maximum absolute atomic E-state index is 13.7. The van der Waals surface area contributed by atoms with E-state index in [1.807, 2.05) is 20.8 Å². The molecule has 8 heteroatoms. The molecule has 7 nitrogen and oxygen atoms in total. The average molecular weight is 279 g/mol. The minimum atomic E-state index is -0.929. The number of aromatic nitrogens is 3. The minimum Gasteiger partial charge on any atom is -0.381 e. The van der Waals surface area contributed by atoms with Crippen molar-refractivity contribution in [1.29, 1.82) is 0 Å². The van der Waals surface area contributed by atoms with Gasteiger partial charge in [0.05, 0.1) is 16.3 Å². The number of nitrogens with zero attached hydrogens (tertiary/aromatic N) is 4. The molecular formula is C12H14FN5O2. The largest absolute Gasteiger partial charge is 0.381 e. The standard InChI is InChI=1S/C12H14FN5O2/c1-12(2,3)10-11(14)15-16-17(10)7-4-5-9(18(19)20)8(13)6-7/h4-6H,14H2,1-3H3. The Morgan fingerprint density at radius 3 is 2.55 bits per heavy atom. The maximum atomic E-state index is 13.7. The van der Waals surface area contributed by atoms with E-state index in [9.17, 15) is 14.5 Å². The van der Waals surface area contributed by atoms with E-state index in [1.165, 1.54) is 10.7 Å². The van der Waals surface area contributed by atoms with Crippen molar-refractivity contribution in [2.24, 2.45) is 0 Å². The Kier molecular flexibility index (Phi) is 3.16. The van der Waals surface area contributed by atoms with E-state index >= 15 is 0 Å². The van der Waals surface area contributed by atoms with Gasteiger partial charge in [0, 0.05) is 17.5 Å². The molecule has 0 spiro atoms. The van der Waals surface area contributed by atoms with Gasteiger partial charge in [0.1, 0.15) is 0 Å². The van der Waals surface area contributed by atoms with Crippen molar-refractivity contribution in [3.8, 4) is 5.69 Å². The van der Waals surface area contributed by atoms with Crippen LogP contribution < -0.4 is 5.73 Å². The second-order valence-corrected chi connectivity index (χ2v) is 5.38. The molecule has 1 aromatic heterocycles. The van der Waals surface area contributed by atoms with Crippen molar-refractivity contribution >= 4 is 11.5 Å². The predicted molar refractivity (Wildman–Crippen MR) is 71.1 cm³/mol. The third-order valence-corrected chi connectivity index (χ3v) is 2.78. The van der Waals surface area contributed by atoms with Crippen LogP contribution >= 0.6 is 0 Å². The number of hydrogen-bond acceptors (Lipinski definition) is 5. The summed E-state index contributed by atoms with van der Waals surface area (Å²) in [5.74, 6) is -0.683. The Bertz CT molecular complexity index is 675. The van der Waals surface area contributed by atoms with Crippen LogP contribution in [0.5, 0.6) is 0 Å². The molecule has 0 amide bonds. The summed E-state index contributed by atoms with van der Waals surface area (Å²) in [6.45, 7) is 5.75. The van der Waals surface area contributed by atoms with Crippen LogP contribution in [0.3, 0.4) is 0 Å². The van der Waals surface area contributed by atoms with Gasteiger partial charge in [-0.15, -0.1) is 5.10 Å². The summed E-state index contributed by atoms with van der Waals surface area (Å²) < 4.78 is 15.1. The fourth-order valence-electron chi connectivity index (χ4n) is 1.95. The van der Waals surface area contributed by atoms with Crippen LogP contribution in [0.25, 0.3) is 5.69 Å². The van der Waals surface area contributed by atoms with Gasteiger partial charge in [0.2, 0.25) is 5.82 Å². The SMILES string of the molecule is CC(C)(C)c1c(N)nnn1-c1ccc([N+](=O)[O-])c(F)c1. The number of anilines is 1. The summed E-state index contributed by atoms with van der Waals surface area (Å²) in [6.07, 6.45) is 0. The molecule has 0 unspecified atom stereocenters. The normalized spacial score (nSPS) is 11.6. The van der Waals surface area contributed by atoms with Gasteiger partial charge >= 0.3 is 5.69 Å². The van der Waals surface area contributed by atoms with E-state index < -0.39 is 16.4 Å². The molecule has 0 aliphatic heterocycles. The molecule has 0 fully saturated rings. The first-order valence-electron chi connectivity index (χ1n) is 5.88. The Balaban J connectivity index is 2.59. The number of benzene rings is 1. The van der Waals surface area contributed by atoms with Crippen LogP contribution in [0.4, 0.5) is 15.9 Å². The number of nitrogen functional groups attached to an aromatic ring is 1. The number of rotatable bonds is 2. The van der Waals surface area contributed by atoms with Gasteiger partial charge in [-0.25, -0.2) is 4.68 Å². The molecule has 106 valence electrons. The Hall–Kier alpha value is -2.51. The summed E-state index contributed by atoms with van der Waals surface area (Å²) in [6, 6.07) is 3.54. The molecular weight excluding hydrogens is 265 g/mol. The van der Waals surface area contributed by atoms with Crippen molar-refractivity contribution in [1.82, 2.24) is 15.0 Å². The van der Waals surface area contributed by atoms with Crippen molar-refractivity contribution in [3.63, 3.8) is 0 Å². The lowest BCUT2D eigenvalue weighted by atomic mass is 9.91. The van der Waals surface area contributed by atoms with Gasteiger partial charge < -0.3 is 5.73 Å². The van der Waals surface area contributed by atoms with Gasteiger partial charge in [0.25, 0.3) is 0 Å². The molecule has 0 radical (unpaired) electrons. The first kappa shape index (κ1) is 13.9. The van der Waals surface area contributed by atoms with Crippen LogP contribution in [-0.4, -0.2) is 19.9 Å². The molecule has 20 heavy (non-hydrogen) atoms. The molecule has 0 saturated heterocycles. The lowest BCUT2D eigenvalue weighted by Gasteiger charge is -2.20. The minimum absolute atomic E-state index is 0.247. The first-order chi connectivity index (χ1) is 9.21. The van der Waals surface area contributed by atoms with E-state index in [4.69, 9.17) is 5.73 Å². The lowest BCUT2D eigenvalue weighted by molar-refractivity contribution is -0.387. The molecule has 0 aliphatic carbocycles. The zero-order valence-corrected chi connectivity index (χ0v) is 11.3. The fourth-order valence-corrected chi connectivity index (χ4v) is 1.95. The molecule has 0 saturated carbocycles. The second kappa shape index (κ2) is 4.55. The fraction of sp³-hybridized carbons (Fsp3) is 0.333. The van der Waals surface area contributed by atoms with Gasteiger partial charge in [-0.1, -0.05) is 26.0 Å². The zero-order valence-electron chi connectivity index (χ0n) is 11.3. The Morgan fingerprint density at radius 2 is 2.05 bits per heavy atom. The van der Waals surface area contributed by atoms with E-state index in [0.29, 0.717) is 11.4 Å². The monoisotopic (exact) mass is 279 g/mol. The summed E-state index contributed by atoms with van der Waals surface area (Å²) in [7, 11) is 0. The predicted octanol–water partition coefficient (Wildman–Crippen LogP) is 2.19. The Labute approximate surface area is 114 Å². The third kappa shape index (κ3) is 2.31. The smallest absolute Gasteiger partial charge is 0.304 e. The van der Waals surface area contributed by atoms with Crippen LogP contribution in [0.2, 0.25) is 0 Å². The molecule has 1 aromatic carbocycles. The first-order valence-corrected chi connectivity index (χ1v) is 5.88. The highest BCUT2D eigenvalue weighted by atomic mass is 19.1. The van der Waals surface area contributed by atoms with Crippen molar-refractivity contribution in [2.45, 2.75) is 26.2 Å². The van der Waals surface area contributed by atoms with Crippen molar-refractivity contribution < 1.29 is 9.31 Å². The van der Waals surface area contributed by atoms with Gasteiger partial charge in [-0.2, -0.15) is 4.39 Å². The van der Waals surface area contributed by atoms with Crippen LogP contribution in [0.15, 0.2) is 18.2 Å². The quantitative estimate of drug-likeness (QED) is 0.671. The zero-order chi connectivity index (χ0) is 15.1. The molecule has 1 heterocycles. The topological polar surface area (TPSA) is 99.9 Å². The molecule has 2 N–H and O–H groups in total. The summed E-state index contributed by atoms with van der Waals surface area (Å²) in [5, 5.41) is 18.3. The number of nitro benzene ring substituents is 1. The van der Waals surface area contributed by atoms with E-state index in [1.54, 1.807) is 0 Å². The van der Waals surface area contributed by atoms with Crippen LogP contribution in [0.1, 0.15) is 26.5 Å². The van der Waals surface area contributed by atoms with E-state index in [-0.39, 0.29) is 11.2 Å². The molecule has 2 rings (SSSR count). The van der Waals surface area contributed by atoms with Crippen molar-refractivity contribution in [2.75, 3.05) is 5.73 Å². The van der Waals surface area contributed by atoms with Crippen molar-refractivity contribution in [3.05, 3.63) is 39.8 Å². The van der Waals surface area contributed by atoms with Gasteiger partial charge in [-0.05, 0) is 6.07 Å². The highest BCUT2D eigenvalue weighted by Gasteiger charge is 2.25. The third-order valence-electron chi connectivity index (χ3n) is 2.78. The number of hydrogen-bond donors (Lipinski definition) is 1. The van der Waals surface area contributed by atoms with E-state index in [2.05, 4.69) is 10.3 Å². The highest BCUT2D eigenvalue weighted by Crippen LogP contribution is 2.29. The second-order valence-electron chi connectivity index (χ2n) is 5.38. The molecule has 0 atom stereocenters.